The Morgan fingerprint density at radius 2 is 1.76 bits per heavy atom. The Labute approximate surface area is 167 Å². The summed E-state index contributed by atoms with van der Waals surface area (Å²) in [5, 5.41) is 0. The van der Waals surface area contributed by atoms with Crippen molar-refractivity contribution in [2.45, 2.75) is 52.2 Å². The molecule has 29 heavy (non-hydrogen) atoms. The summed E-state index contributed by atoms with van der Waals surface area (Å²) >= 11 is 0. The van der Waals surface area contributed by atoms with Crippen LogP contribution in [0.4, 0.5) is 13.2 Å². The van der Waals surface area contributed by atoms with E-state index in [-0.39, 0.29) is 24.9 Å². The van der Waals surface area contributed by atoms with Crippen LogP contribution in [0.25, 0.3) is 0 Å². The van der Waals surface area contributed by atoms with Crippen LogP contribution in [0, 0.1) is 0 Å². The first-order valence-electron chi connectivity index (χ1n) is 9.17. The molecule has 0 amide bonds. The predicted octanol–water partition coefficient (Wildman–Crippen LogP) is 5.37. The average molecular weight is 412 g/mol. The van der Waals surface area contributed by atoms with Crippen LogP contribution in [0.2, 0.25) is 0 Å². The molecule has 2 aromatic rings. The summed E-state index contributed by atoms with van der Waals surface area (Å²) in [6.07, 6.45) is -3.46. The van der Waals surface area contributed by atoms with E-state index in [0.29, 0.717) is 17.7 Å². The third-order valence-electron chi connectivity index (χ3n) is 3.96. The molecule has 0 radical (unpaired) electrons. The molecular weight excluding hydrogens is 389 g/mol. The smallest absolute Gasteiger partial charge is 0.489 e. The SMILES string of the molecule is CCC(C)OOC(=O)CCc1ccc(OCc2cccc(OC(F)(F)F)c2)cc1. The Bertz CT molecular complexity index is 775. The maximum Gasteiger partial charge on any atom is 0.573 e. The third-order valence-corrected chi connectivity index (χ3v) is 3.96. The second-order valence-electron chi connectivity index (χ2n) is 6.40. The van der Waals surface area contributed by atoms with Crippen molar-refractivity contribution in [3.05, 3.63) is 59.7 Å². The molecule has 2 aromatic carbocycles. The Hall–Kier alpha value is -2.74. The number of halogens is 3. The molecule has 0 aliphatic carbocycles. The van der Waals surface area contributed by atoms with Crippen molar-refractivity contribution in [2.24, 2.45) is 0 Å². The molecule has 0 fully saturated rings. The topological polar surface area (TPSA) is 54.0 Å². The summed E-state index contributed by atoms with van der Waals surface area (Å²) in [5.41, 5.74) is 1.46. The molecule has 0 heterocycles. The second kappa shape index (κ2) is 10.7. The van der Waals surface area contributed by atoms with E-state index < -0.39 is 12.3 Å². The molecule has 0 aliphatic heterocycles. The zero-order valence-corrected chi connectivity index (χ0v) is 16.2. The van der Waals surface area contributed by atoms with Gasteiger partial charge < -0.3 is 9.47 Å². The predicted molar refractivity (Wildman–Crippen MR) is 99.2 cm³/mol. The van der Waals surface area contributed by atoms with Crippen LogP contribution in [0.3, 0.4) is 0 Å². The molecule has 2 rings (SSSR count). The van der Waals surface area contributed by atoms with E-state index in [0.717, 1.165) is 12.0 Å². The maximum absolute atomic E-state index is 12.3. The van der Waals surface area contributed by atoms with Crippen molar-refractivity contribution in [3.8, 4) is 11.5 Å². The zero-order chi connectivity index (χ0) is 21.3. The number of carbonyl (C=O) groups excluding carboxylic acids is 1. The van der Waals surface area contributed by atoms with Crippen molar-refractivity contribution >= 4 is 5.97 Å². The van der Waals surface area contributed by atoms with Gasteiger partial charge in [0, 0.05) is 0 Å². The maximum atomic E-state index is 12.3. The first-order chi connectivity index (χ1) is 13.7. The van der Waals surface area contributed by atoms with Crippen LogP contribution in [-0.4, -0.2) is 18.4 Å². The molecule has 0 saturated carbocycles. The number of hydrogen-bond donors (Lipinski definition) is 0. The van der Waals surface area contributed by atoms with E-state index in [9.17, 15) is 18.0 Å². The molecule has 0 aliphatic rings. The number of alkyl halides is 3. The van der Waals surface area contributed by atoms with Gasteiger partial charge in [0.15, 0.2) is 0 Å². The minimum absolute atomic E-state index is 0.0910. The standard InChI is InChI=1S/C21H23F3O5/c1-3-15(2)28-29-20(25)12-9-16-7-10-18(11-8-16)26-14-17-5-4-6-19(13-17)27-21(22,23)24/h4-8,10-11,13,15H,3,9,12,14H2,1-2H3. The summed E-state index contributed by atoms with van der Waals surface area (Å²) in [7, 11) is 0. The van der Waals surface area contributed by atoms with E-state index in [4.69, 9.17) is 14.5 Å². The Kier molecular flexibility index (Phi) is 8.33. The van der Waals surface area contributed by atoms with Crippen LogP contribution in [-0.2, 0) is 27.6 Å². The average Bonchev–Trinajstić information content (AvgIpc) is 2.68. The van der Waals surface area contributed by atoms with Crippen LogP contribution in [0.1, 0.15) is 37.8 Å². The largest absolute Gasteiger partial charge is 0.573 e. The van der Waals surface area contributed by atoms with Gasteiger partial charge in [-0.1, -0.05) is 31.2 Å². The lowest BCUT2D eigenvalue weighted by atomic mass is 10.1. The van der Waals surface area contributed by atoms with Crippen molar-refractivity contribution in [1.82, 2.24) is 0 Å². The van der Waals surface area contributed by atoms with E-state index in [2.05, 4.69) is 4.74 Å². The second-order valence-corrected chi connectivity index (χ2v) is 6.40. The van der Waals surface area contributed by atoms with Gasteiger partial charge in [-0.15, -0.1) is 13.2 Å². The van der Waals surface area contributed by atoms with Crippen LogP contribution in [0.5, 0.6) is 11.5 Å². The fourth-order valence-corrected chi connectivity index (χ4v) is 2.24. The van der Waals surface area contributed by atoms with E-state index >= 15 is 0 Å². The number of ether oxygens (including phenoxy) is 2. The number of hydrogen-bond acceptors (Lipinski definition) is 5. The summed E-state index contributed by atoms with van der Waals surface area (Å²) in [6, 6.07) is 12.7. The molecule has 0 N–H and O–H groups in total. The molecule has 158 valence electrons. The fraction of sp³-hybridized carbons (Fsp3) is 0.381. The van der Waals surface area contributed by atoms with Gasteiger partial charge in [-0.05, 0) is 55.2 Å². The highest BCUT2D eigenvalue weighted by Crippen LogP contribution is 2.24. The molecule has 0 spiro atoms. The van der Waals surface area contributed by atoms with Gasteiger partial charge in [0.1, 0.15) is 24.2 Å². The minimum atomic E-state index is -4.73. The van der Waals surface area contributed by atoms with Gasteiger partial charge >= 0.3 is 12.3 Å². The van der Waals surface area contributed by atoms with Crippen LogP contribution in [0.15, 0.2) is 48.5 Å². The number of rotatable bonds is 10. The monoisotopic (exact) mass is 412 g/mol. The quantitative estimate of drug-likeness (QED) is 0.388. The molecule has 0 aromatic heterocycles. The molecule has 8 heteroatoms. The van der Waals surface area contributed by atoms with Gasteiger partial charge in [0.25, 0.3) is 0 Å². The molecule has 0 saturated heterocycles. The Morgan fingerprint density at radius 1 is 1.03 bits per heavy atom. The molecule has 1 unspecified atom stereocenters. The minimum Gasteiger partial charge on any atom is -0.489 e. The number of carbonyl (C=O) groups is 1. The van der Waals surface area contributed by atoms with E-state index in [1.807, 2.05) is 13.8 Å². The number of benzene rings is 2. The summed E-state index contributed by atoms with van der Waals surface area (Å²) in [5.74, 6) is -0.177. The van der Waals surface area contributed by atoms with Crippen molar-refractivity contribution in [2.75, 3.05) is 0 Å². The van der Waals surface area contributed by atoms with Crippen LogP contribution < -0.4 is 9.47 Å². The Morgan fingerprint density at radius 3 is 2.41 bits per heavy atom. The van der Waals surface area contributed by atoms with E-state index in [1.54, 1.807) is 30.3 Å². The normalized spacial score (nSPS) is 12.3. The number of aryl methyl sites for hydroxylation is 1. The molecule has 0 bridgehead atoms. The lowest BCUT2D eigenvalue weighted by molar-refractivity contribution is -0.294. The van der Waals surface area contributed by atoms with Crippen molar-refractivity contribution in [1.29, 1.82) is 0 Å². The fourth-order valence-electron chi connectivity index (χ4n) is 2.24. The van der Waals surface area contributed by atoms with Gasteiger partial charge in [0.2, 0.25) is 0 Å². The summed E-state index contributed by atoms with van der Waals surface area (Å²) in [6.45, 7) is 3.83. The first-order valence-corrected chi connectivity index (χ1v) is 9.17. The highest BCUT2D eigenvalue weighted by Gasteiger charge is 2.31. The third kappa shape index (κ3) is 8.87. The van der Waals surface area contributed by atoms with Crippen LogP contribution >= 0.6 is 0 Å². The molecule has 1 atom stereocenters. The zero-order valence-electron chi connectivity index (χ0n) is 16.2. The highest BCUT2D eigenvalue weighted by molar-refractivity contribution is 5.69. The van der Waals surface area contributed by atoms with E-state index in [1.165, 1.54) is 18.2 Å². The van der Waals surface area contributed by atoms with Gasteiger partial charge in [-0.2, -0.15) is 4.89 Å². The molecule has 5 nitrogen and oxygen atoms in total. The molecular formula is C21H23F3O5. The summed E-state index contributed by atoms with van der Waals surface area (Å²) < 4.78 is 46.3. The lowest BCUT2D eigenvalue weighted by Crippen LogP contribution is -2.17. The van der Waals surface area contributed by atoms with Gasteiger partial charge in [-0.25, -0.2) is 4.79 Å². The Balaban J connectivity index is 1.79. The van der Waals surface area contributed by atoms with Crippen molar-refractivity contribution < 1.29 is 37.2 Å². The van der Waals surface area contributed by atoms with Gasteiger partial charge in [0.05, 0.1) is 6.42 Å². The van der Waals surface area contributed by atoms with Crippen molar-refractivity contribution in [3.63, 3.8) is 0 Å². The highest BCUT2D eigenvalue weighted by atomic mass is 19.4. The lowest BCUT2D eigenvalue weighted by Gasteiger charge is -2.11. The summed E-state index contributed by atoms with van der Waals surface area (Å²) in [4.78, 5) is 21.3. The van der Waals surface area contributed by atoms with Gasteiger partial charge in [-0.3, -0.25) is 4.89 Å². The first kappa shape index (κ1) is 22.5.